The molecule has 0 spiro atoms. The molecule has 164 valence electrons. The van der Waals surface area contributed by atoms with Crippen LogP contribution in [0, 0.1) is 5.41 Å². The first-order chi connectivity index (χ1) is 14.6. The lowest BCUT2D eigenvalue weighted by Gasteiger charge is -2.23. The summed E-state index contributed by atoms with van der Waals surface area (Å²) in [4.78, 5) is 36.1. The first-order valence-corrected chi connectivity index (χ1v) is 9.50. The minimum Gasteiger partial charge on any atom is -0.463 e. The number of rotatable bonds is 8. The molecule has 0 aliphatic rings. The Labute approximate surface area is 180 Å². The molecule has 2 aromatic carbocycles. The van der Waals surface area contributed by atoms with Crippen LogP contribution in [-0.4, -0.2) is 37.1 Å². The predicted molar refractivity (Wildman–Crippen MR) is 114 cm³/mol. The fourth-order valence-corrected chi connectivity index (χ4v) is 2.58. The van der Waals surface area contributed by atoms with E-state index in [1.807, 2.05) is 0 Å². The van der Waals surface area contributed by atoms with Gasteiger partial charge in [0.1, 0.15) is 5.75 Å². The van der Waals surface area contributed by atoms with E-state index < -0.39 is 29.9 Å². The Morgan fingerprint density at radius 1 is 1.00 bits per heavy atom. The van der Waals surface area contributed by atoms with E-state index in [1.54, 1.807) is 69.3 Å². The lowest BCUT2D eigenvalue weighted by atomic mass is 9.85. The molecule has 0 bridgehead atoms. The zero-order chi connectivity index (χ0) is 23.0. The van der Waals surface area contributed by atoms with Gasteiger partial charge in [-0.1, -0.05) is 12.1 Å². The Bertz CT molecular complexity index is 952. The highest BCUT2D eigenvalue weighted by Gasteiger charge is 2.32. The second kappa shape index (κ2) is 10.2. The number of esters is 3. The van der Waals surface area contributed by atoms with Crippen molar-refractivity contribution >= 4 is 29.6 Å². The monoisotopic (exact) mass is 427 g/mol. The van der Waals surface area contributed by atoms with Gasteiger partial charge in [-0.2, -0.15) is 0 Å². The molecule has 0 radical (unpaired) electrons. The number of hydrogen-bond donors (Lipinski definition) is 3. The third kappa shape index (κ3) is 6.56. The van der Waals surface area contributed by atoms with Crippen LogP contribution in [0.5, 0.6) is 5.75 Å². The van der Waals surface area contributed by atoms with Crippen molar-refractivity contribution in [2.24, 2.45) is 5.73 Å². The molecule has 0 atom stereocenters. The largest absolute Gasteiger partial charge is 0.463 e. The zero-order valence-corrected chi connectivity index (χ0v) is 17.6. The van der Waals surface area contributed by atoms with Gasteiger partial charge in [0, 0.05) is 5.69 Å². The number of nitrogens with two attached hydrogens (primary N) is 1. The molecule has 31 heavy (non-hydrogen) atoms. The van der Waals surface area contributed by atoms with Gasteiger partial charge < -0.3 is 25.3 Å². The van der Waals surface area contributed by atoms with Gasteiger partial charge in [-0.3, -0.25) is 10.2 Å². The third-order valence-electron chi connectivity index (χ3n) is 4.32. The van der Waals surface area contributed by atoms with Crippen molar-refractivity contribution in [1.82, 2.24) is 0 Å². The summed E-state index contributed by atoms with van der Waals surface area (Å²) in [5, 5.41) is 9.81. The van der Waals surface area contributed by atoms with E-state index in [4.69, 9.17) is 25.4 Å². The molecule has 9 heteroatoms. The molecule has 2 aromatic rings. The fourth-order valence-electron chi connectivity index (χ4n) is 2.58. The van der Waals surface area contributed by atoms with Crippen LogP contribution < -0.4 is 15.8 Å². The first-order valence-electron chi connectivity index (χ1n) is 9.50. The maximum absolute atomic E-state index is 12.4. The standard InChI is InChI=1S/C22H25N3O6/c1-4-29-18(26)13-30-20(28)22(2,3)15-7-11-17(12-8-15)31-19(27)14-5-9-16(10-6-14)25-21(23)24/h5-12H,4,13H2,1-3H3,(H4,23,24,25). The molecule has 0 unspecified atom stereocenters. The van der Waals surface area contributed by atoms with Crippen molar-refractivity contribution in [2.45, 2.75) is 26.2 Å². The number of benzene rings is 2. The highest BCUT2D eigenvalue weighted by atomic mass is 16.6. The molecule has 0 saturated heterocycles. The van der Waals surface area contributed by atoms with Gasteiger partial charge in [-0.05, 0) is 62.7 Å². The van der Waals surface area contributed by atoms with Gasteiger partial charge in [0.2, 0.25) is 0 Å². The van der Waals surface area contributed by atoms with Gasteiger partial charge in [0.05, 0.1) is 17.6 Å². The Hall–Kier alpha value is -3.88. The van der Waals surface area contributed by atoms with Crippen molar-refractivity contribution in [3.63, 3.8) is 0 Å². The van der Waals surface area contributed by atoms with Crippen molar-refractivity contribution < 1.29 is 28.6 Å². The summed E-state index contributed by atoms with van der Waals surface area (Å²) < 4.78 is 15.1. The van der Waals surface area contributed by atoms with Gasteiger partial charge in [0.25, 0.3) is 0 Å². The zero-order valence-electron chi connectivity index (χ0n) is 17.6. The number of carbonyl (C=O) groups is 3. The van der Waals surface area contributed by atoms with Crippen LogP contribution in [0.3, 0.4) is 0 Å². The van der Waals surface area contributed by atoms with E-state index >= 15 is 0 Å². The van der Waals surface area contributed by atoms with Crippen LogP contribution in [0.25, 0.3) is 0 Å². The average Bonchev–Trinajstić information content (AvgIpc) is 2.72. The molecule has 0 aromatic heterocycles. The molecule has 9 nitrogen and oxygen atoms in total. The number of anilines is 1. The molecule has 4 N–H and O–H groups in total. The number of guanidine groups is 1. The minimum absolute atomic E-state index is 0.205. The summed E-state index contributed by atoms with van der Waals surface area (Å²) in [6, 6.07) is 12.7. The average molecular weight is 427 g/mol. The summed E-state index contributed by atoms with van der Waals surface area (Å²) in [6.07, 6.45) is 0. The number of carbonyl (C=O) groups excluding carboxylic acids is 3. The van der Waals surface area contributed by atoms with Crippen molar-refractivity contribution in [2.75, 3.05) is 18.5 Å². The third-order valence-corrected chi connectivity index (χ3v) is 4.32. The highest BCUT2D eigenvalue weighted by Crippen LogP contribution is 2.27. The SMILES string of the molecule is CCOC(=O)COC(=O)C(C)(C)c1ccc(OC(=O)c2ccc(NC(=N)N)cc2)cc1. The lowest BCUT2D eigenvalue weighted by Crippen LogP contribution is -2.32. The Morgan fingerprint density at radius 2 is 1.61 bits per heavy atom. The van der Waals surface area contributed by atoms with Crippen molar-refractivity contribution in [3.8, 4) is 5.75 Å². The fraction of sp³-hybridized carbons (Fsp3) is 0.273. The Balaban J connectivity index is 2.00. The quantitative estimate of drug-likeness (QED) is 0.253. The maximum atomic E-state index is 12.4. The number of hydrogen-bond acceptors (Lipinski definition) is 7. The molecule has 0 aliphatic heterocycles. The summed E-state index contributed by atoms with van der Waals surface area (Å²) in [5.41, 5.74) is 5.76. The van der Waals surface area contributed by atoms with Crippen LogP contribution >= 0.6 is 0 Å². The van der Waals surface area contributed by atoms with Gasteiger partial charge in [0.15, 0.2) is 12.6 Å². The van der Waals surface area contributed by atoms with Gasteiger partial charge in [-0.15, -0.1) is 0 Å². The molecule has 0 aliphatic carbocycles. The van der Waals surface area contributed by atoms with Crippen LogP contribution in [0.1, 0.15) is 36.7 Å². The molecular weight excluding hydrogens is 402 g/mol. The molecule has 2 rings (SSSR count). The topological polar surface area (TPSA) is 141 Å². The van der Waals surface area contributed by atoms with Crippen molar-refractivity contribution in [3.05, 3.63) is 59.7 Å². The minimum atomic E-state index is -1.02. The van der Waals surface area contributed by atoms with Crippen LogP contribution in [0.4, 0.5) is 5.69 Å². The molecule has 0 saturated carbocycles. The second-order valence-corrected chi connectivity index (χ2v) is 7.04. The van der Waals surface area contributed by atoms with E-state index in [1.165, 1.54) is 0 Å². The Kier molecular flexibility index (Phi) is 7.73. The van der Waals surface area contributed by atoms with E-state index in [0.29, 0.717) is 22.6 Å². The summed E-state index contributed by atoms with van der Waals surface area (Å²) in [7, 11) is 0. The summed E-state index contributed by atoms with van der Waals surface area (Å²) in [5.74, 6) is -1.66. The first kappa shape index (κ1) is 23.4. The normalized spacial score (nSPS) is 10.7. The van der Waals surface area contributed by atoms with Crippen LogP contribution in [-0.2, 0) is 24.5 Å². The van der Waals surface area contributed by atoms with Gasteiger partial charge >= 0.3 is 17.9 Å². The predicted octanol–water partition coefficient (Wildman–Crippen LogP) is 2.60. The number of nitrogens with one attached hydrogen (secondary N) is 2. The summed E-state index contributed by atoms with van der Waals surface area (Å²) >= 11 is 0. The number of ether oxygens (including phenoxy) is 3. The molecule has 0 amide bonds. The highest BCUT2D eigenvalue weighted by molar-refractivity contribution is 5.93. The van der Waals surface area contributed by atoms with Crippen LogP contribution in [0.2, 0.25) is 0 Å². The molecule has 0 fully saturated rings. The van der Waals surface area contributed by atoms with E-state index in [9.17, 15) is 14.4 Å². The van der Waals surface area contributed by atoms with E-state index in [0.717, 1.165) is 0 Å². The lowest BCUT2D eigenvalue weighted by molar-refractivity contribution is -0.161. The van der Waals surface area contributed by atoms with Crippen LogP contribution in [0.15, 0.2) is 48.5 Å². The van der Waals surface area contributed by atoms with Crippen molar-refractivity contribution in [1.29, 1.82) is 5.41 Å². The molecule has 0 heterocycles. The smallest absolute Gasteiger partial charge is 0.344 e. The van der Waals surface area contributed by atoms with E-state index in [-0.39, 0.29) is 12.6 Å². The van der Waals surface area contributed by atoms with Gasteiger partial charge in [-0.25, -0.2) is 9.59 Å². The van der Waals surface area contributed by atoms with E-state index in [2.05, 4.69) is 5.32 Å². The maximum Gasteiger partial charge on any atom is 0.344 e. The second-order valence-electron chi connectivity index (χ2n) is 7.04. The Morgan fingerprint density at radius 3 is 2.16 bits per heavy atom. The summed E-state index contributed by atoms with van der Waals surface area (Å²) in [6.45, 7) is 4.75. The molecular formula is C22H25N3O6.